The molecule has 0 spiro atoms. The summed E-state index contributed by atoms with van der Waals surface area (Å²) in [7, 11) is 0. The number of nitrogens with one attached hydrogen (secondary N) is 2. The van der Waals surface area contributed by atoms with Crippen molar-refractivity contribution in [2.24, 2.45) is 4.99 Å². The molecule has 21 heavy (non-hydrogen) atoms. The number of rotatable bonds is 5. The van der Waals surface area contributed by atoms with E-state index in [1.54, 1.807) is 18.3 Å². The molecule has 0 aromatic carbocycles. The molecule has 2 N–H and O–H groups in total. The minimum absolute atomic E-state index is 0. The number of pyridine rings is 1. The van der Waals surface area contributed by atoms with Crippen LogP contribution in [0.2, 0.25) is 5.15 Å². The van der Waals surface area contributed by atoms with Gasteiger partial charge >= 0.3 is 6.18 Å². The van der Waals surface area contributed by atoms with Gasteiger partial charge in [-0.2, -0.15) is 13.2 Å². The van der Waals surface area contributed by atoms with E-state index >= 15 is 0 Å². The molecule has 0 fully saturated rings. The molecule has 0 aliphatic carbocycles. The first-order valence-corrected chi connectivity index (χ1v) is 6.48. The van der Waals surface area contributed by atoms with E-state index < -0.39 is 12.6 Å². The number of halogens is 5. The molecule has 0 aliphatic heterocycles. The van der Waals surface area contributed by atoms with Gasteiger partial charge in [-0.3, -0.25) is 0 Å². The zero-order chi connectivity index (χ0) is 15.0. The summed E-state index contributed by atoms with van der Waals surface area (Å²) in [4.78, 5) is 8.08. The Hall–Kier alpha value is -0.770. The van der Waals surface area contributed by atoms with Gasteiger partial charge in [0.2, 0.25) is 0 Å². The molecule has 0 bridgehead atoms. The quantitative estimate of drug-likeness (QED) is 0.322. The summed E-state index contributed by atoms with van der Waals surface area (Å²) < 4.78 is 36.2. The molecule has 0 atom stereocenters. The lowest BCUT2D eigenvalue weighted by Gasteiger charge is -2.12. The molecule has 9 heteroatoms. The molecule has 120 valence electrons. The topological polar surface area (TPSA) is 49.3 Å². The molecule has 0 saturated heterocycles. The molecule has 0 unspecified atom stereocenters. The van der Waals surface area contributed by atoms with Gasteiger partial charge in [0.15, 0.2) is 5.96 Å². The fourth-order valence-corrected chi connectivity index (χ4v) is 1.45. The predicted octanol–water partition coefficient (Wildman–Crippen LogP) is 3.36. The maximum atomic E-state index is 12.1. The van der Waals surface area contributed by atoms with Crippen LogP contribution in [0.25, 0.3) is 0 Å². The summed E-state index contributed by atoms with van der Waals surface area (Å²) in [6.45, 7) is 2.50. The van der Waals surface area contributed by atoms with Crippen molar-refractivity contribution in [1.82, 2.24) is 15.6 Å². The second-order valence-corrected chi connectivity index (χ2v) is 4.36. The van der Waals surface area contributed by atoms with E-state index in [0.29, 0.717) is 24.2 Å². The fourth-order valence-electron chi connectivity index (χ4n) is 1.33. The first-order valence-electron chi connectivity index (χ1n) is 6.10. The first kappa shape index (κ1) is 20.2. The van der Waals surface area contributed by atoms with Gasteiger partial charge in [0.1, 0.15) is 5.15 Å². The Balaban J connectivity index is 0.00000400. The van der Waals surface area contributed by atoms with Gasteiger partial charge in [-0.1, -0.05) is 17.7 Å². The summed E-state index contributed by atoms with van der Waals surface area (Å²) in [5.41, 5.74) is 0.822. The standard InChI is InChI=1S/C12H16ClF3N4.HI/c1-2-17-11(18-6-5-12(14,15)16)20-8-9-3-4-10(13)19-7-9;/h3-4,7H,2,5-6,8H2,1H3,(H2,17,18,20);1H. The highest BCUT2D eigenvalue weighted by molar-refractivity contribution is 14.0. The monoisotopic (exact) mass is 436 g/mol. The molecule has 1 aromatic rings. The molecule has 0 aliphatic rings. The zero-order valence-corrected chi connectivity index (χ0v) is 14.5. The number of alkyl halides is 3. The lowest BCUT2D eigenvalue weighted by molar-refractivity contribution is -0.132. The van der Waals surface area contributed by atoms with E-state index in [1.165, 1.54) is 0 Å². The Morgan fingerprint density at radius 1 is 1.33 bits per heavy atom. The van der Waals surface area contributed by atoms with Gasteiger partial charge in [0.05, 0.1) is 13.0 Å². The van der Waals surface area contributed by atoms with E-state index in [4.69, 9.17) is 11.6 Å². The van der Waals surface area contributed by atoms with Crippen molar-refractivity contribution in [3.05, 3.63) is 29.0 Å². The normalized spacial score (nSPS) is 11.8. The van der Waals surface area contributed by atoms with Crippen LogP contribution in [0.4, 0.5) is 13.2 Å². The van der Waals surface area contributed by atoms with Gasteiger partial charge in [-0.05, 0) is 18.6 Å². The van der Waals surface area contributed by atoms with Crippen LogP contribution in [0.3, 0.4) is 0 Å². The van der Waals surface area contributed by atoms with Gasteiger partial charge < -0.3 is 10.6 Å². The molecular weight excluding hydrogens is 420 g/mol. The van der Waals surface area contributed by atoms with E-state index in [9.17, 15) is 13.2 Å². The van der Waals surface area contributed by atoms with Crippen molar-refractivity contribution in [3.8, 4) is 0 Å². The van der Waals surface area contributed by atoms with Gasteiger partial charge in [-0.15, -0.1) is 24.0 Å². The number of nitrogens with zero attached hydrogens (tertiary/aromatic N) is 2. The number of guanidine groups is 1. The Bertz CT molecular complexity index is 437. The van der Waals surface area contributed by atoms with Crippen molar-refractivity contribution < 1.29 is 13.2 Å². The summed E-state index contributed by atoms with van der Waals surface area (Å²) in [6.07, 6.45) is -3.50. The predicted molar refractivity (Wildman–Crippen MR) is 88.2 cm³/mol. The Morgan fingerprint density at radius 3 is 2.57 bits per heavy atom. The Morgan fingerprint density at radius 2 is 2.05 bits per heavy atom. The van der Waals surface area contributed by atoms with Gasteiger partial charge in [0, 0.05) is 19.3 Å². The van der Waals surface area contributed by atoms with Crippen LogP contribution in [-0.2, 0) is 6.54 Å². The van der Waals surface area contributed by atoms with Crippen LogP contribution < -0.4 is 10.6 Å². The Labute approximate surface area is 143 Å². The van der Waals surface area contributed by atoms with Crippen LogP contribution in [0.5, 0.6) is 0 Å². The third kappa shape index (κ3) is 9.72. The van der Waals surface area contributed by atoms with Crippen LogP contribution in [0, 0.1) is 0 Å². The summed E-state index contributed by atoms with van der Waals surface area (Å²) in [5.74, 6) is 0.340. The number of hydrogen-bond acceptors (Lipinski definition) is 2. The number of hydrogen-bond donors (Lipinski definition) is 2. The highest BCUT2D eigenvalue weighted by atomic mass is 127. The SMILES string of the molecule is CCNC(=NCc1ccc(Cl)nc1)NCCC(F)(F)F.I. The minimum Gasteiger partial charge on any atom is -0.357 e. The van der Waals surface area contributed by atoms with Crippen molar-refractivity contribution in [1.29, 1.82) is 0 Å². The fraction of sp³-hybridized carbons (Fsp3) is 0.500. The highest BCUT2D eigenvalue weighted by Gasteiger charge is 2.26. The zero-order valence-electron chi connectivity index (χ0n) is 11.4. The molecule has 0 amide bonds. The third-order valence-electron chi connectivity index (χ3n) is 2.25. The molecule has 4 nitrogen and oxygen atoms in total. The number of aliphatic imine (C=N–C) groups is 1. The van der Waals surface area contributed by atoms with Crippen LogP contribution >= 0.6 is 35.6 Å². The first-order chi connectivity index (χ1) is 9.40. The Kier molecular flexibility index (Phi) is 9.67. The minimum atomic E-state index is -4.18. The molecule has 0 saturated carbocycles. The lowest BCUT2D eigenvalue weighted by atomic mass is 10.3. The van der Waals surface area contributed by atoms with E-state index in [2.05, 4.69) is 20.6 Å². The van der Waals surface area contributed by atoms with Gasteiger partial charge in [0.25, 0.3) is 0 Å². The molecule has 1 rings (SSSR count). The van der Waals surface area contributed by atoms with E-state index in [-0.39, 0.29) is 30.5 Å². The van der Waals surface area contributed by atoms with Gasteiger partial charge in [-0.25, -0.2) is 9.98 Å². The van der Waals surface area contributed by atoms with Crippen molar-refractivity contribution >= 4 is 41.5 Å². The summed E-state index contributed by atoms with van der Waals surface area (Å²) in [6, 6.07) is 3.40. The van der Waals surface area contributed by atoms with Crippen LogP contribution in [0.15, 0.2) is 23.3 Å². The average Bonchev–Trinajstić information content (AvgIpc) is 2.36. The lowest BCUT2D eigenvalue weighted by Crippen LogP contribution is -2.38. The highest BCUT2D eigenvalue weighted by Crippen LogP contribution is 2.18. The van der Waals surface area contributed by atoms with Crippen LogP contribution in [0.1, 0.15) is 18.9 Å². The summed E-state index contributed by atoms with van der Waals surface area (Å²) >= 11 is 5.66. The molecular formula is C12H17ClF3IN4. The largest absolute Gasteiger partial charge is 0.390 e. The molecule has 0 radical (unpaired) electrons. The molecule has 1 aromatic heterocycles. The third-order valence-corrected chi connectivity index (χ3v) is 2.48. The van der Waals surface area contributed by atoms with Crippen molar-refractivity contribution in [2.75, 3.05) is 13.1 Å². The second kappa shape index (κ2) is 10.0. The summed E-state index contributed by atoms with van der Waals surface area (Å²) in [5, 5.41) is 5.89. The van der Waals surface area contributed by atoms with Crippen molar-refractivity contribution in [3.63, 3.8) is 0 Å². The second-order valence-electron chi connectivity index (χ2n) is 3.98. The van der Waals surface area contributed by atoms with E-state index in [1.807, 2.05) is 6.92 Å². The number of aromatic nitrogens is 1. The van der Waals surface area contributed by atoms with Crippen LogP contribution in [-0.4, -0.2) is 30.2 Å². The molecule has 1 heterocycles. The maximum Gasteiger partial charge on any atom is 0.390 e. The smallest absolute Gasteiger partial charge is 0.357 e. The van der Waals surface area contributed by atoms with Crippen molar-refractivity contribution in [2.45, 2.75) is 26.1 Å². The van der Waals surface area contributed by atoms with E-state index in [0.717, 1.165) is 5.56 Å². The average molecular weight is 437 g/mol. The maximum absolute atomic E-state index is 12.1.